The molecule has 2 rings (SSSR count). The third-order valence-corrected chi connectivity index (χ3v) is 3.29. The number of aromatic nitrogens is 2. The van der Waals surface area contributed by atoms with Gasteiger partial charge >= 0.3 is 6.16 Å². The second-order valence-corrected chi connectivity index (χ2v) is 7.05. The molecule has 0 radical (unpaired) electrons. The van der Waals surface area contributed by atoms with Crippen molar-refractivity contribution in [3.63, 3.8) is 0 Å². The predicted octanol–water partition coefficient (Wildman–Crippen LogP) is 4.80. The van der Waals surface area contributed by atoms with E-state index >= 15 is 0 Å². The van der Waals surface area contributed by atoms with Crippen LogP contribution < -0.4 is 4.74 Å². The van der Waals surface area contributed by atoms with Crippen LogP contribution in [0, 0.1) is 5.82 Å². The highest BCUT2D eigenvalue weighted by molar-refractivity contribution is 9.10. The molecule has 0 aliphatic carbocycles. The Morgan fingerprint density at radius 3 is 2.54 bits per heavy atom. The van der Waals surface area contributed by atoms with Crippen LogP contribution in [0.25, 0.3) is 10.9 Å². The SMILES string of the molecule is CC(C)(C)OC(=O)OCCOc1nc(C(F)F)nc2c(F)cc(Br)cc12. The minimum atomic E-state index is -3.00. The Morgan fingerprint density at radius 2 is 1.92 bits per heavy atom. The van der Waals surface area contributed by atoms with Crippen molar-refractivity contribution < 1.29 is 32.2 Å². The number of benzene rings is 1. The minimum Gasteiger partial charge on any atom is -0.474 e. The monoisotopic (exact) mass is 436 g/mol. The first-order chi connectivity index (χ1) is 12.1. The predicted molar refractivity (Wildman–Crippen MR) is 89.8 cm³/mol. The molecule has 26 heavy (non-hydrogen) atoms. The van der Waals surface area contributed by atoms with E-state index in [0.717, 1.165) is 6.07 Å². The summed E-state index contributed by atoms with van der Waals surface area (Å²) >= 11 is 3.11. The number of ether oxygens (including phenoxy) is 3. The van der Waals surface area contributed by atoms with Gasteiger partial charge in [0.2, 0.25) is 5.88 Å². The lowest BCUT2D eigenvalue weighted by Crippen LogP contribution is -2.25. The normalized spacial score (nSPS) is 11.7. The van der Waals surface area contributed by atoms with Crippen molar-refractivity contribution in [3.05, 3.63) is 28.2 Å². The molecule has 1 heterocycles. The third-order valence-electron chi connectivity index (χ3n) is 2.83. The summed E-state index contributed by atoms with van der Waals surface area (Å²) in [6, 6.07) is 2.54. The fourth-order valence-corrected chi connectivity index (χ4v) is 2.33. The Kier molecular flexibility index (Phi) is 6.27. The lowest BCUT2D eigenvalue weighted by Gasteiger charge is -2.18. The van der Waals surface area contributed by atoms with E-state index in [2.05, 4.69) is 25.9 Å². The van der Waals surface area contributed by atoms with Gasteiger partial charge in [-0.1, -0.05) is 15.9 Å². The summed E-state index contributed by atoms with van der Waals surface area (Å²) in [5, 5.41) is 0.110. The van der Waals surface area contributed by atoms with Gasteiger partial charge in [-0.3, -0.25) is 0 Å². The maximum Gasteiger partial charge on any atom is 0.508 e. The molecule has 0 aliphatic heterocycles. The zero-order valence-corrected chi connectivity index (χ0v) is 15.8. The summed E-state index contributed by atoms with van der Waals surface area (Å²) in [5.74, 6) is -1.89. The van der Waals surface area contributed by atoms with Crippen molar-refractivity contribution in [2.24, 2.45) is 0 Å². The Morgan fingerprint density at radius 1 is 1.23 bits per heavy atom. The van der Waals surface area contributed by atoms with Crippen LogP contribution >= 0.6 is 15.9 Å². The molecule has 0 atom stereocenters. The van der Waals surface area contributed by atoms with E-state index in [9.17, 15) is 18.0 Å². The third kappa shape index (κ3) is 5.45. The topological polar surface area (TPSA) is 70.5 Å². The van der Waals surface area contributed by atoms with Gasteiger partial charge in [-0.25, -0.2) is 22.9 Å². The Bertz CT molecular complexity index is 812. The molecule has 142 valence electrons. The number of nitrogens with zero attached hydrogens (tertiary/aromatic N) is 2. The van der Waals surface area contributed by atoms with E-state index in [-0.39, 0.29) is 30.0 Å². The van der Waals surface area contributed by atoms with Crippen LogP contribution in [-0.4, -0.2) is 34.9 Å². The van der Waals surface area contributed by atoms with Crippen LogP contribution in [0.1, 0.15) is 33.0 Å². The lowest BCUT2D eigenvalue weighted by molar-refractivity contribution is -0.0115. The number of hydrogen-bond donors (Lipinski definition) is 0. The highest BCUT2D eigenvalue weighted by Gasteiger charge is 2.20. The molecule has 1 aromatic carbocycles. The largest absolute Gasteiger partial charge is 0.508 e. The zero-order valence-electron chi connectivity index (χ0n) is 14.2. The molecule has 10 heteroatoms. The summed E-state index contributed by atoms with van der Waals surface area (Å²) in [5.41, 5.74) is -1.00. The summed E-state index contributed by atoms with van der Waals surface area (Å²) in [4.78, 5) is 18.6. The fraction of sp³-hybridized carbons (Fsp3) is 0.438. The molecule has 2 aromatic rings. The maximum atomic E-state index is 14.0. The number of hydrogen-bond acceptors (Lipinski definition) is 6. The van der Waals surface area contributed by atoms with Crippen LogP contribution in [-0.2, 0) is 9.47 Å². The second-order valence-electron chi connectivity index (χ2n) is 6.13. The summed E-state index contributed by atoms with van der Waals surface area (Å²) in [7, 11) is 0. The van der Waals surface area contributed by atoms with Crippen molar-refractivity contribution in [1.29, 1.82) is 0 Å². The van der Waals surface area contributed by atoms with Crippen LogP contribution in [0.3, 0.4) is 0 Å². The van der Waals surface area contributed by atoms with Gasteiger partial charge in [0.15, 0.2) is 11.6 Å². The van der Waals surface area contributed by atoms with Crippen LogP contribution in [0.15, 0.2) is 16.6 Å². The van der Waals surface area contributed by atoms with Crippen molar-refractivity contribution in [3.8, 4) is 5.88 Å². The zero-order chi connectivity index (χ0) is 19.5. The summed E-state index contributed by atoms with van der Waals surface area (Å²) < 4.78 is 55.3. The molecule has 0 spiro atoms. The lowest BCUT2D eigenvalue weighted by atomic mass is 10.2. The Labute approximate surface area is 155 Å². The molecule has 0 saturated carbocycles. The van der Waals surface area contributed by atoms with Gasteiger partial charge in [0, 0.05) is 4.47 Å². The number of carbonyl (C=O) groups excluding carboxylic acids is 1. The second kappa shape index (κ2) is 8.07. The van der Waals surface area contributed by atoms with E-state index in [1.54, 1.807) is 20.8 Å². The molecule has 0 amide bonds. The smallest absolute Gasteiger partial charge is 0.474 e. The Hall–Kier alpha value is -2.10. The first-order valence-corrected chi connectivity index (χ1v) is 8.29. The molecule has 6 nitrogen and oxygen atoms in total. The molecule has 0 bridgehead atoms. The van der Waals surface area contributed by atoms with Crippen LogP contribution in [0.2, 0.25) is 0 Å². The van der Waals surface area contributed by atoms with Crippen molar-refractivity contribution in [1.82, 2.24) is 9.97 Å². The molecular weight excluding hydrogens is 421 g/mol. The van der Waals surface area contributed by atoms with Gasteiger partial charge in [-0.05, 0) is 32.9 Å². The van der Waals surface area contributed by atoms with Gasteiger partial charge in [0.25, 0.3) is 6.43 Å². The molecule has 1 aromatic heterocycles. The summed E-state index contributed by atoms with van der Waals surface area (Å²) in [6.45, 7) is 4.63. The number of alkyl halides is 2. The molecule has 0 aliphatic rings. The van der Waals surface area contributed by atoms with Gasteiger partial charge in [0.1, 0.15) is 24.3 Å². The van der Waals surface area contributed by atoms with E-state index in [1.165, 1.54) is 6.07 Å². The van der Waals surface area contributed by atoms with Gasteiger partial charge in [-0.15, -0.1) is 0 Å². The van der Waals surface area contributed by atoms with E-state index in [4.69, 9.17) is 14.2 Å². The molecule has 0 unspecified atom stereocenters. The van der Waals surface area contributed by atoms with Crippen molar-refractivity contribution in [2.75, 3.05) is 13.2 Å². The van der Waals surface area contributed by atoms with Crippen LogP contribution in [0.5, 0.6) is 5.88 Å². The maximum absolute atomic E-state index is 14.0. The standard InChI is InChI=1S/C16H16BrF3N2O4/c1-16(2,3)26-15(23)25-5-4-24-14-9-6-8(17)7-10(18)11(9)21-13(22-14)12(19)20/h6-7,12H,4-5H2,1-3H3. The summed E-state index contributed by atoms with van der Waals surface area (Å²) in [6.07, 6.45) is -3.89. The van der Waals surface area contributed by atoms with Gasteiger partial charge in [-0.2, -0.15) is 4.98 Å². The van der Waals surface area contributed by atoms with E-state index < -0.39 is 29.8 Å². The first-order valence-electron chi connectivity index (χ1n) is 7.50. The number of fused-ring (bicyclic) bond motifs is 1. The minimum absolute atomic E-state index is 0.110. The number of carbonyl (C=O) groups is 1. The highest BCUT2D eigenvalue weighted by Crippen LogP contribution is 2.30. The van der Waals surface area contributed by atoms with Crippen LogP contribution in [0.4, 0.5) is 18.0 Å². The average Bonchev–Trinajstić information content (AvgIpc) is 2.49. The molecule has 0 fully saturated rings. The fourth-order valence-electron chi connectivity index (χ4n) is 1.90. The quantitative estimate of drug-likeness (QED) is 0.495. The van der Waals surface area contributed by atoms with Gasteiger partial charge < -0.3 is 14.2 Å². The first kappa shape index (κ1) is 20.2. The average molecular weight is 437 g/mol. The van der Waals surface area contributed by atoms with E-state index in [0.29, 0.717) is 4.47 Å². The van der Waals surface area contributed by atoms with Gasteiger partial charge in [0.05, 0.1) is 5.39 Å². The molecule has 0 saturated heterocycles. The molecule has 0 N–H and O–H groups in total. The van der Waals surface area contributed by atoms with Crippen molar-refractivity contribution >= 4 is 33.0 Å². The molecular formula is C16H16BrF3N2O4. The highest BCUT2D eigenvalue weighted by atomic mass is 79.9. The number of halogens is 4. The van der Waals surface area contributed by atoms with E-state index in [1.807, 2.05) is 0 Å². The Balaban J connectivity index is 2.14. The van der Waals surface area contributed by atoms with Crippen molar-refractivity contribution in [2.45, 2.75) is 32.8 Å². The number of rotatable bonds is 5.